The van der Waals surface area contributed by atoms with Gasteiger partial charge in [-0.05, 0) is 23.6 Å². The molecule has 0 amide bonds. The molecule has 0 aliphatic heterocycles. The predicted molar refractivity (Wildman–Crippen MR) is 74.4 cm³/mol. The number of nitro groups is 1. The van der Waals surface area contributed by atoms with Crippen LogP contribution in [0.15, 0.2) is 42.5 Å². The molecule has 1 aliphatic rings. The van der Waals surface area contributed by atoms with Gasteiger partial charge in [0.1, 0.15) is 5.82 Å². The van der Waals surface area contributed by atoms with Gasteiger partial charge in [0.2, 0.25) is 0 Å². The fourth-order valence-corrected chi connectivity index (χ4v) is 2.57. The molecule has 0 bridgehead atoms. The molecule has 102 valence electrons. The summed E-state index contributed by atoms with van der Waals surface area (Å²) >= 11 is 0. The molecule has 1 atom stereocenters. The Balaban J connectivity index is 1.69. The molecule has 0 fully saturated rings. The third kappa shape index (κ3) is 2.34. The van der Waals surface area contributed by atoms with Crippen molar-refractivity contribution in [3.05, 3.63) is 69.5 Å². The normalized spacial score (nSPS) is 16.1. The van der Waals surface area contributed by atoms with E-state index in [1.165, 1.54) is 23.3 Å². The lowest BCUT2D eigenvalue weighted by molar-refractivity contribution is -0.385. The van der Waals surface area contributed by atoms with Crippen molar-refractivity contribution < 1.29 is 9.31 Å². The van der Waals surface area contributed by atoms with Crippen LogP contribution in [0, 0.1) is 15.9 Å². The Labute approximate surface area is 115 Å². The number of rotatable bonds is 4. The quantitative estimate of drug-likeness (QED) is 0.684. The van der Waals surface area contributed by atoms with Gasteiger partial charge in [-0.25, -0.2) is 4.39 Å². The molecular weight excluding hydrogens is 259 g/mol. The summed E-state index contributed by atoms with van der Waals surface area (Å²) in [6, 6.07) is 11.7. The molecule has 0 saturated carbocycles. The van der Waals surface area contributed by atoms with Crippen molar-refractivity contribution in [2.45, 2.75) is 12.3 Å². The van der Waals surface area contributed by atoms with Crippen LogP contribution in [0.4, 0.5) is 15.8 Å². The summed E-state index contributed by atoms with van der Waals surface area (Å²) in [7, 11) is 0. The van der Waals surface area contributed by atoms with Crippen molar-refractivity contribution in [2.24, 2.45) is 0 Å². The number of non-ortho nitro benzene ring substituents is 1. The Kier molecular flexibility index (Phi) is 3.10. The number of benzene rings is 2. The number of hydrogen-bond acceptors (Lipinski definition) is 3. The molecular formula is C15H13FN2O2. The highest BCUT2D eigenvalue weighted by atomic mass is 19.1. The number of hydrogen-bond donors (Lipinski definition) is 1. The summed E-state index contributed by atoms with van der Waals surface area (Å²) in [5, 5.41) is 13.8. The third-order valence-corrected chi connectivity index (χ3v) is 3.61. The van der Waals surface area contributed by atoms with E-state index in [1.54, 1.807) is 0 Å². The number of nitrogens with zero attached hydrogens (tertiary/aromatic N) is 1. The first-order valence-electron chi connectivity index (χ1n) is 6.40. The van der Waals surface area contributed by atoms with Crippen molar-refractivity contribution in [3.63, 3.8) is 0 Å². The van der Waals surface area contributed by atoms with E-state index < -0.39 is 10.7 Å². The standard InChI is InChI=1S/C15H13FN2O2/c16-12-6-13(8-14(7-12)18(19)20)17-9-11-5-10-3-1-2-4-15(10)11/h1-4,6-8,11,17H,5,9H2. The van der Waals surface area contributed by atoms with E-state index in [4.69, 9.17) is 0 Å². The van der Waals surface area contributed by atoms with Gasteiger partial charge in [-0.2, -0.15) is 0 Å². The molecule has 5 heteroatoms. The van der Waals surface area contributed by atoms with Crippen LogP contribution >= 0.6 is 0 Å². The second kappa shape index (κ2) is 4.92. The molecule has 0 spiro atoms. The summed E-state index contributed by atoms with van der Waals surface area (Å²) in [6.07, 6.45) is 0.987. The van der Waals surface area contributed by atoms with Crippen molar-refractivity contribution in [1.29, 1.82) is 0 Å². The smallest absolute Gasteiger partial charge is 0.274 e. The average molecular weight is 272 g/mol. The van der Waals surface area contributed by atoms with Crippen LogP contribution < -0.4 is 5.32 Å². The Morgan fingerprint density at radius 3 is 2.85 bits per heavy atom. The zero-order chi connectivity index (χ0) is 14.1. The van der Waals surface area contributed by atoms with E-state index in [0.29, 0.717) is 18.2 Å². The molecule has 4 nitrogen and oxygen atoms in total. The van der Waals surface area contributed by atoms with Crippen LogP contribution in [0.3, 0.4) is 0 Å². The van der Waals surface area contributed by atoms with E-state index in [1.807, 2.05) is 12.1 Å². The van der Waals surface area contributed by atoms with Gasteiger partial charge in [-0.15, -0.1) is 0 Å². The second-order valence-corrected chi connectivity index (χ2v) is 4.94. The van der Waals surface area contributed by atoms with Gasteiger partial charge in [0.25, 0.3) is 5.69 Å². The number of halogens is 1. The van der Waals surface area contributed by atoms with Gasteiger partial charge in [-0.1, -0.05) is 24.3 Å². The molecule has 0 saturated heterocycles. The molecule has 2 aromatic carbocycles. The van der Waals surface area contributed by atoms with Crippen LogP contribution in [0.25, 0.3) is 0 Å². The van der Waals surface area contributed by atoms with Gasteiger partial charge in [-0.3, -0.25) is 10.1 Å². The van der Waals surface area contributed by atoms with E-state index in [9.17, 15) is 14.5 Å². The maximum absolute atomic E-state index is 13.3. The van der Waals surface area contributed by atoms with E-state index in [-0.39, 0.29) is 5.69 Å². The van der Waals surface area contributed by atoms with Gasteiger partial charge in [0.05, 0.1) is 11.0 Å². The molecule has 1 aliphatic carbocycles. The number of anilines is 1. The highest BCUT2D eigenvalue weighted by Crippen LogP contribution is 2.35. The van der Waals surface area contributed by atoms with E-state index in [2.05, 4.69) is 17.4 Å². The zero-order valence-electron chi connectivity index (χ0n) is 10.7. The largest absolute Gasteiger partial charge is 0.384 e. The molecule has 0 heterocycles. The van der Waals surface area contributed by atoms with Crippen molar-refractivity contribution in [1.82, 2.24) is 0 Å². The molecule has 0 radical (unpaired) electrons. The summed E-state index contributed by atoms with van der Waals surface area (Å²) < 4.78 is 13.3. The molecule has 1 N–H and O–H groups in total. The van der Waals surface area contributed by atoms with Gasteiger partial charge >= 0.3 is 0 Å². The van der Waals surface area contributed by atoms with Crippen molar-refractivity contribution in [3.8, 4) is 0 Å². The van der Waals surface area contributed by atoms with Crippen LogP contribution in [0.5, 0.6) is 0 Å². The summed E-state index contributed by atoms with van der Waals surface area (Å²) in [5.41, 5.74) is 2.85. The number of fused-ring (bicyclic) bond motifs is 1. The number of nitro benzene ring substituents is 1. The minimum atomic E-state index is -0.601. The van der Waals surface area contributed by atoms with Crippen LogP contribution in [-0.4, -0.2) is 11.5 Å². The fourth-order valence-electron chi connectivity index (χ4n) is 2.57. The van der Waals surface area contributed by atoms with Gasteiger partial charge < -0.3 is 5.32 Å². The molecule has 0 aromatic heterocycles. The summed E-state index contributed by atoms with van der Waals surface area (Å²) in [5.74, 6) is -0.218. The maximum atomic E-state index is 13.3. The van der Waals surface area contributed by atoms with Gasteiger partial charge in [0, 0.05) is 24.2 Å². The summed E-state index contributed by atoms with van der Waals surface area (Å²) in [4.78, 5) is 10.1. The van der Waals surface area contributed by atoms with E-state index >= 15 is 0 Å². The van der Waals surface area contributed by atoms with Crippen LogP contribution in [0.1, 0.15) is 17.0 Å². The fraction of sp³-hybridized carbons (Fsp3) is 0.200. The Morgan fingerprint density at radius 2 is 2.10 bits per heavy atom. The SMILES string of the molecule is O=[N+]([O-])c1cc(F)cc(NCC2Cc3ccccc32)c1. The lowest BCUT2D eigenvalue weighted by atomic mass is 9.77. The van der Waals surface area contributed by atoms with E-state index in [0.717, 1.165) is 12.5 Å². The molecule has 1 unspecified atom stereocenters. The lowest BCUT2D eigenvalue weighted by Gasteiger charge is -2.30. The highest BCUT2D eigenvalue weighted by Gasteiger charge is 2.25. The highest BCUT2D eigenvalue weighted by molar-refractivity contribution is 5.52. The average Bonchev–Trinajstić information content (AvgIpc) is 2.39. The maximum Gasteiger partial charge on any atom is 0.274 e. The van der Waals surface area contributed by atoms with Gasteiger partial charge in [0.15, 0.2) is 0 Å². The Bertz CT molecular complexity index is 673. The lowest BCUT2D eigenvalue weighted by Crippen LogP contribution is -2.24. The minimum absolute atomic E-state index is 0.235. The molecule has 3 rings (SSSR count). The van der Waals surface area contributed by atoms with Crippen LogP contribution in [0.2, 0.25) is 0 Å². The second-order valence-electron chi connectivity index (χ2n) is 4.94. The Hall–Kier alpha value is -2.43. The minimum Gasteiger partial charge on any atom is -0.384 e. The monoisotopic (exact) mass is 272 g/mol. The molecule has 2 aromatic rings. The van der Waals surface area contributed by atoms with Crippen LogP contribution in [-0.2, 0) is 6.42 Å². The Morgan fingerprint density at radius 1 is 1.30 bits per heavy atom. The third-order valence-electron chi connectivity index (χ3n) is 3.61. The van der Waals surface area contributed by atoms with Crippen molar-refractivity contribution in [2.75, 3.05) is 11.9 Å². The molecule has 20 heavy (non-hydrogen) atoms. The topological polar surface area (TPSA) is 55.2 Å². The summed E-state index contributed by atoms with van der Waals surface area (Å²) in [6.45, 7) is 0.650. The zero-order valence-corrected chi connectivity index (χ0v) is 10.7. The first-order valence-corrected chi connectivity index (χ1v) is 6.40. The van der Waals surface area contributed by atoms with Crippen molar-refractivity contribution >= 4 is 11.4 Å². The number of nitrogens with one attached hydrogen (secondary N) is 1. The first kappa shape index (κ1) is 12.6. The predicted octanol–water partition coefficient (Wildman–Crippen LogP) is 3.49. The first-order chi connectivity index (χ1) is 9.63.